The highest BCUT2D eigenvalue weighted by Gasteiger charge is 2.32. The second-order valence-corrected chi connectivity index (χ2v) is 9.72. The van der Waals surface area contributed by atoms with Crippen LogP contribution in [0.2, 0.25) is 0 Å². The Kier molecular flexibility index (Phi) is 6.16. The molecule has 156 valence electrons. The van der Waals surface area contributed by atoms with Crippen molar-refractivity contribution in [2.45, 2.75) is 30.7 Å². The maximum atomic E-state index is 13.1. The molecule has 8 nitrogen and oxygen atoms in total. The van der Waals surface area contributed by atoms with Gasteiger partial charge in [-0.3, -0.25) is 4.79 Å². The minimum atomic E-state index is -3.62. The first-order valence-corrected chi connectivity index (χ1v) is 11.8. The van der Waals surface area contributed by atoms with Crippen molar-refractivity contribution in [3.63, 3.8) is 0 Å². The van der Waals surface area contributed by atoms with Crippen LogP contribution in [0.3, 0.4) is 0 Å². The first-order valence-electron chi connectivity index (χ1n) is 9.16. The van der Waals surface area contributed by atoms with Crippen molar-refractivity contribution in [1.82, 2.24) is 19.2 Å². The number of aromatic amines is 1. The highest BCUT2D eigenvalue weighted by molar-refractivity contribution is 7.98. The van der Waals surface area contributed by atoms with Crippen molar-refractivity contribution in [2.24, 2.45) is 0 Å². The van der Waals surface area contributed by atoms with Crippen LogP contribution in [0.5, 0.6) is 0 Å². The summed E-state index contributed by atoms with van der Waals surface area (Å²) in [5.74, 6) is -0.251. The molecular formula is C19H24N4O4S2. The van der Waals surface area contributed by atoms with E-state index in [0.29, 0.717) is 26.7 Å². The molecule has 1 amide bonds. The summed E-state index contributed by atoms with van der Waals surface area (Å²) >= 11 is 1.24. The van der Waals surface area contributed by atoms with Gasteiger partial charge in [-0.1, -0.05) is 12.1 Å². The van der Waals surface area contributed by atoms with Gasteiger partial charge < -0.3 is 9.88 Å². The summed E-state index contributed by atoms with van der Waals surface area (Å²) in [6.07, 6.45) is 1.76. The molecule has 3 rings (SSSR count). The zero-order chi connectivity index (χ0) is 21.3. The predicted molar refractivity (Wildman–Crippen MR) is 112 cm³/mol. The van der Waals surface area contributed by atoms with Crippen molar-refractivity contribution in [1.29, 1.82) is 0 Å². The molecule has 2 aromatic rings. The number of hydrogen-bond donors (Lipinski definition) is 1. The number of rotatable bonds is 4. The Labute approximate surface area is 174 Å². The van der Waals surface area contributed by atoms with E-state index in [4.69, 9.17) is 0 Å². The van der Waals surface area contributed by atoms with Crippen LogP contribution >= 0.6 is 11.8 Å². The van der Waals surface area contributed by atoms with Crippen LogP contribution in [0.15, 0.2) is 32.9 Å². The van der Waals surface area contributed by atoms with Gasteiger partial charge in [0.15, 0.2) is 0 Å². The number of aryl methyl sites for hydroxylation is 3. The lowest BCUT2D eigenvalue weighted by Crippen LogP contribution is -2.50. The Bertz CT molecular complexity index is 1100. The Morgan fingerprint density at radius 2 is 1.79 bits per heavy atom. The zero-order valence-electron chi connectivity index (χ0n) is 16.9. The highest BCUT2D eigenvalue weighted by atomic mass is 32.2. The van der Waals surface area contributed by atoms with Gasteiger partial charge in [0.2, 0.25) is 10.0 Å². The zero-order valence-corrected chi connectivity index (χ0v) is 18.5. The number of thioether (sulfide) groups is 1. The number of piperazine rings is 1. The average molecular weight is 437 g/mol. The molecule has 0 bridgehead atoms. The van der Waals surface area contributed by atoms with Crippen LogP contribution < -0.4 is 5.69 Å². The molecule has 1 aromatic carbocycles. The fourth-order valence-corrected chi connectivity index (χ4v) is 5.72. The summed E-state index contributed by atoms with van der Waals surface area (Å²) in [6.45, 7) is 6.28. The maximum Gasteiger partial charge on any atom is 0.346 e. The number of carbonyl (C=O) groups excluding carboxylic acids is 1. The Hall–Kier alpha value is -2.17. The molecule has 1 aliphatic rings. The van der Waals surface area contributed by atoms with Crippen LogP contribution in [-0.2, 0) is 10.0 Å². The third-order valence-corrected chi connectivity index (χ3v) is 7.70. The number of nitrogens with zero attached hydrogens (tertiary/aromatic N) is 3. The lowest BCUT2D eigenvalue weighted by Gasteiger charge is -2.34. The molecule has 0 saturated carbocycles. The van der Waals surface area contributed by atoms with Crippen molar-refractivity contribution in [3.05, 3.63) is 51.1 Å². The lowest BCUT2D eigenvalue weighted by atomic mass is 10.2. The van der Waals surface area contributed by atoms with Gasteiger partial charge in [-0.05, 0) is 44.2 Å². The van der Waals surface area contributed by atoms with E-state index in [0.717, 1.165) is 5.56 Å². The van der Waals surface area contributed by atoms with Gasteiger partial charge in [0.05, 0.1) is 10.5 Å². The molecule has 1 aromatic heterocycles. The Morgan fingerprint density at radius 3 is 2.41 bits per heavy atom. The van der Waals surface area contributed by atoms with Crippen LogP contribution in [0, 0.1) is 20.8 Å². The molecular weight excluding hydrogens is 412 g/mol. The van der Waals surface area contributed by atoms with Gasteiger partial charge >= 0.3 is 5.69 Å². The number of amides is 1. The van der Waals surface area contributed by atoms with E-state index in [1.807, 2.05) is 13.0 Å². The lowest BCUT2D eigenvalue weighted by molar-refractivity contribution is 0.0692. The smallest absolute Gasteiger partial charge is 0.336 e. The Morgan fingerprint density at radius 1 is 1.14 bits per heavy atom. The number of nitrogens with one attached hydrogen (secondary N) is 1. The van der Waals surface area contributed by atoms with Crippen LogP contribution in [0.25, 0.3) is 0 Å². The number of H-pyrrole nitrogens is 1. The summed E-state index contributed by atoms with van der Waals surface area (Å²) < 4.78 is 27.6. The van der Waals surface area contributed by atoms with Gasteiger partial charge in [0.25, 0.3) is 5.91 Å². The van der Waals surface area contributed by atoms with E-state index in [2.05, 4.69) is 9.97 Å². The van der Waals surface area contributed by atoms with Gasteiger partial charge in [-0.15, -0.1) is 11.8 Å². The summed E-state index contributed by atoms with van der Waals surface area (Å²) in [6, 6.07) is 5.37. The summed E-state index contributed by atoms with van der Waals surface area (Å²) in [7, 11) is -3.62. The van der Waals surface area contributed by atoms with Crippen molar-refractivity contribution in [2.75, 3.05) is 32.4 Å². The van der Waals surface area contributed by atoms with Crippen molar-refractivity contribution < 1.29 is 13.2 Å². The van der Waals surface area contributed by atoms with Gasteiger partial charge in [-0.25, -0.2) is 13.2 Å². The molecule has 29 heavy (non-hydrogen) atoms. The van der Waals surface area contributed by atoms with E-state index in [1.54, 1.807) is 37.1 Å². The number of aromatic nitrogens is 2. The number of hydrogen-bond acceptors (Lipinski definition) is 6. The van der Waals surface area contributed by atoms with Crippen molar-refractivity contribution >= 4 is 27.7 Å². The number of benzene rings is 1. The number of sulfonamides is 1. The standard InChI is InChI=1S/C19H24N4O4S2/c1-12-5-6-13(2)15(11-12)29(26,27)23-9-7-22(8-10-23)18(24)16-14(3)20-19(25)21-17(16)28-4/h5-6,11H,7-10H2,1-4H3,(H,20,21,25). The normalized spacial score (nSPS) is 15.5. The van der Waals surface area contributed by atoms with Gasteiger partial charge in [0.1, 0.15) is 5.03 Å². The van der Waals surface area contributed by atoms with Crippen molar-refractivity contribution in [3.8, 4) is 0 Å². The molecule has 1 fully saturated rings. The minimum Gasteiger partial charge on any atom is -0.336 e. The first kappa shape index (κ1) is 21.5. The molecule has 1 aliphatic heterocycles. The molecule has 1 saturated heterocycles. The van der Waals surface area contributed by atoms with Gasteiger partial charge in [0, 0.05) is 31.9 Å². The second-order valence-electron chi connectivity index (χ2n) is 7.02. The largest absolute Gasteiger partial charge is 0.346 e. The summed E-state index contributed by atoms with van der Waals surface area (Å²) in [5, 5.41) is 0.377. The molecule has 10 heteroatoms. The predicted octanol–water partition coefficient (Wildman–Crippen LogP) is 1.56. The monoisotopic (exact) mass is 436 g/mol. The van der Waals surface area contributed by atoms with E-state index >= 15 is 0 Å². The molecule has 1 N–H and O–H groups in total. The number of carbonyl (C=O) groups is 1. The van der Waals surface area contributed by atoms with Crippen LogP contribution in [0.1, 0.15) is 27.2 Å². The molecule has 2 heterocycles. The fourth-order valence-electron chi connectivity index (χ4n) is 3.37. The van der Waals surface area contributed by atoms with E-state index in [9.17, 15) is 18.0 Å². The fraction of sp³-hybridized carbons (Fsp3) is 0.421. The molecule has 0 atom stereocenters. The van der Waals surface area contributed by atoms with Gasteiger partial charge in [-0.2, -0.15) is 9.29 Å². The maximum absolute atomic E-state index is 13.1. The van der Waals surface area contributed by atoms with E-state index in [1.165, 1.54) is 16.1 Å². The van der Waals surface area contributed by atoms with Crippen LogP contribution in [0.4, 0.5) is 0 Å². The minimum absolute atomic E-state index is 0.214. The first-order chi connectivity index (χ1) is 13.6. The Balaban J connectivity index is 1.80. The molecule has 0 unspecified atom stereocenters. The molecule has 0 aliphatic carbocycles. The summed E-state index contributed by atoms with van der Waals surface area (Å²) in [4.78, 5) is 33.0. The molecule has 0 radical (unpaired) electrons. The highest BCUT2D eigenvalue weighted by Crippen LogP contribution is 2.24. The van der Waals surface area contributed by atoms with E-state index in [-0.39, 0.29) is 32.1 Å². The topological polar surface area (TPSA) is 103 Å². The third-order valence-electron chi connectivity index (χ3n) is 4.98. The second kappa shape index (κ2) is 8.29. The van der Waals surface area contributed by atoms with E-state index < -0.39 is 15.7 Å². The quantitative estimate of drug-likeness (QED) is 0.576. The third kappa shape index (κ3) is 4.24. The average Bonchev–Trinajstić information content (AvgIpc) is 2.68. The molecule has 0 spiro atoms. The summed E-state index contributed by atoms with van der Waals surface area (Å²) in [5.41, 5.74) is 1.92. The SMILES string of the molecule is CSc1nc(=O)[nH]c(C)c1C(=O)N1CCN(S(=O)(=O)c2cc(C)ccc2C)CC1. The van der Waals surface area contributed by atoms with Crippen LogP contribution in [-0.4, -0.2) is 65.9 Å².